The Kier molecular flexibility index (Phi) is 9.77. The van der Waals surface area contributed by atoms with Crippen molar-refractivity contribution in [2.45, 2.75) is 77.0 Å². The number of unbranched alkanes of at least 4 members (excludes halogenated alkanes) is 2. The van der Waals surface area contributed by atoms with E-state index in [-0.39, 0.29) is 32.8 Å². The quantitative estimate of drug-likeness (QED) is 0.292. The first-order chi connectivity index (χ1) is 16.7. The topological polar surface area (TPSA) is 109 Å². The fraction of sp³-hybridized carbons (Fsp3) is 0.480. The molecule has 0 bridgehead atoms. The molecular formula is C25H34N2O6S3. The number of amides is 2. The third kappa shape index (κ3) is 5.63. The van der Waals surface area contributed by atoms with Gasteiger partial charge in [0.15, 0.2) is 9.35 Å². The van der Waals surface area contributed by atoms with E-state index in [1.165, 1.54) is 38.1 Å². The Bertz CT molecular complexity index is 1250. The molecule has 2 heterocycles. The molecule has 0 radical (unpaired) electrons. The molecule has 1 saturated heterocycles. The highest BCUT2D eigenvalue weighted by molar-refractivity contribution is 8.17. The molecule has 0 atom stereocenters. The molecule has 1 aromatic carbocycles. The van der Waals surface area contributed by atoms with Gasteiger partial charge in [-0.25, -0.2) is 16.8 Å². The summed E-state index contributed by atoms with van der Waals surface area (Å²) in [6.07, 6.45) is 3.74. The summed E-state index contributed by atoms with van der Waals surface area (Å²) in [4.78, 5) is 27.8. The molecule has 0 saturated carbocycles. The smallest absolute Gasteiger partial charge is 0.265 e. The predicted octanol–water partition coefficient (Wildman–Crippen LogP) is 4.38. The molecule has 0 unspecified atom stereocenters. The van der Waals surface area contributed by atoms with Crippen LogP contribution in [-0.2, 0) is 29.3 Å². The van der Waals surface area contributed by atoms with Crippen LogP contribution in [0, 0.1) is 0 Å². The van der Waals surface area contributed by atoms with Crippen LogP contribution < -0.4 is 0 Å². The van der Waals surface area contributed by atoms with Crippen LogP contribution in [0.1, 0.15) is 67.2 Å². The average molecular weight is 555 g/mol. The van der Waals surface area contributed by atoms with Crippen molar-refractivity contribution in [1.82, 2.24) is 9.80 Å². The van der Waals surface area contributed by atoms with Crippen molar-refractivity contribution in [3.63, 3.8) is 0 Å². The van der Waals surface area contributed by atoms with Crippen LogP contribution in [0.2, 0.25) is 0 Å². The second kappa shape index (κ2) is 11.8. The van der Waals surface area contributed by atoms with Crippen molar-refractivity contribution in [2.24, 2.45) is 0 Å². The summed E-state index contributed by atoms with van der Waals surface area (Å²) in [7, 11) is -7.72. The number of benzene rings is 1. The van der Waals surface area contributed by atoms with Gasteiger partial charge in [-0.1, -0.05) is 44.4 Å². The molecule has 0 spiro atoms. The molecule has 11 heteroatoms. The zero-order valence-electron chi connectivity index (χ0n) is 21.6. The van der Waals surface area contributed by atoms with E-state index in [1.54, 1.807) is 23.6 Å². The number of hydrogen-bond acceptors (Lipinski definition) is 7. The van der Waals surface area contributed by atoms with Crippen LogP contribution >= 0.6 is 12.2 Å². The molecule has 1 fully saturated rings. The van der Waals surface area contributed by atoms with E-state index in [9.17, 15) is 26.4 Å². The number of thiocarbonyl (C=S) groups is 1. The van der Waals surface area contributed by atoms with Gasteiger partial charge in [-0.2, -0.15) is 0 Å². The van der Waals surface area contributed by atoms with Crippen LogP contribution in [0.5, 0.6) is 0 Å². The van der Waals surface area contributed by atoms with Gasteiger partial charge in [0.2, 0.25) is 19.7 Å². The lowest BCUT2D eigenvalue weighted by molar-refractivity contribution is -0.134. The van der Waals surface area contributed by atoms with Crippen molar-refractivity contribution in [3.8, 4) is 0 Å². The Balaban J connectivity index is 0.000000259. The largest absolute Gasteiger partial charge is 0.285 e. The third-order valence-electron chi connectivity index (χ3n) is 5.67. The Morgan fingerprint density at radius 2 is 1.14 bits per heavy atom. The van der Waals surface area contributed by atoms with Gasteiger partial charge in [0.25, 0.3) is 11.8 Å². The van der Waals surface area contributed by atoms with Crippen LogP contribution in [0.3, 0.4) is 0 Å². The van der Waals surface area contributed by atoms with E-state index >= 15 is 0 Å². The van der Waals surface area contributed by atoms with Crippen LogP contribution in [0.4, 0.5) is 0 Å². The molecule has 36 heavy (non-hydrogen) atoms. The Morgan fingerprint density at radius 1 is 0.750 bits per heavy atom. The monoisotopic (exact) mass is 554 g/mol. The first-order valence-corrected chi connectivity index (χ1v) is 15.2. The average Bonchev–Trinajstić information content (AvgIpc) is 2.95. The predicted molar refractivity (Wildman–Crippen MR) is 143 cm³/mol. The van der Waals surface area contributed by atoms with Gasteiger partial charge in [-0.3, -0.25) is 19.4 Å². The summed E-state index contributed by atoms with van der Waals surface area (Å²) in [5.74, 6) is -0.470. The molecule has 1 aromatic rings. The van der Waals surface area contributed by atoms with E-state index in [1.807, 2.05) is 0 Å². The van der Waals surface area contributed by atoms with Crippen molar-refractivity contribution < 1.29 is 26.4 Å². The molecule has 2 aliphatic rings. The molecule has 0 aromatic heterocycles. The Morgan fingerprint density at radius 3 is 1.44 bits per heavy atom. The number of nitrogens with zero attached hydrogens (tertiary/aromatic N) is 2. The first kappa shape index (κ1) is 29.9. The van der Waals surface area contributed by atoms with Crippen molar-refractivity contribution in [1.29, 1.82) is 0 Å². The Hall–Kier alpha value is -2.37. The van der Waals surface area contributed by atoms with Gasteiger partial charge in [0, 0.05) is 13.1 Å². The van der Waals surface area contributed by atoms with Crippen molar-refractivity contribution in [2.75, 3.05) is 13.1 Å². The number of sulfone groups is 2. The second-order valence-corrected chi connectivity index (χ2v) is 13.4. The fourth-order valence-electron chi connectivity index (χ4n) is 3.91. The molecule has 0 aliphatic carbocycles. The Labute approximate surface area is 219 Å². The second-order valence-electron chi connectivity index (χ2n) is 9.02. The van der Waals surface area contributed by atoms with Crippen molar-refractivity contribution >= 4 is 48.8 Å². The summed E-state index contributed by atoms with van der Waals surface area (Å²) in [5.41, 5.74) is 1.33. The maximum Gasteiger partial charge on any atom is 0.265 e. The minimum atomic E-state index is -3.86. The molecule has 198 valence electrons. The summed E-state index contributed by atoms with van der Waals surface area (Å²) in [6, 6.07) is 5.66. The highest BCUT2D eigenvalue weighted by Crippen LogP contribution is 2.41. The first-order valence-electron chi connectivity index (χ1n) is 11.9. The summed E-state index contributed by atoms with van der Waals surface area (Å²) >= 11 is 5.36. The summed E-state index contributed by atoms with van der Waals surface area (Å²) in [6.45, 7) is 11.9. The van der Waals surface area contributed by atoms with Gasteiger partial charge < -0.3 is 0 Å². The number of allylic oxidation sites excluding steroid dienone is 2. The van der Waals surface area contributed by atoms with Crippen molar-refractivity contribution in [3.05, 3.63) is 45.2 Å². The summed E-state index contributed by atoms with van der Waals surface area (Å²) in [5, 5.41) is 0.368. The highest BCUT2D eigenvalue weighted by Gasteiger charge is 2.45. The molecule has 2 aliphatic heterocycles. The van der Waals surface area contributed by atoms with E-state index in [4.69, 9.17) is 12.2 Å². The standard InChI is InChI=1S/C15H24N2O2S.C10H10O4S2/c1-5-7-9-16-13(18)12(11(3)4)14(19)17(15(16)20)10-8-6-2;1-7(2)10-15(11,12)8-5-3-4-6-9(8)16(10,13)14/h5-10H2,1-4H3;3-6H,1-2H3. The van der Waals surface area contributed by atoms with Crippen LogP contribution in [0.25, 0.3) is 0 Å². The zero-order valence-corrected chi connectivity index (χ0v) is 24.1. The van der Waals surface area contributed by atoms with E-state index in [2.05, 4.69) is 13.8 Å². The van der Waals surface area contributed by atoms with Gasteiger partial charge in [-0.05, 0) is 70.5 Å². The minimum absolute atomic E-state index is 0.119. The number of hydrogen-bond donors (Lipinski definition) is 0. The molecule has 8 nitrogen and oxygen atoms in total. The van der Waals surface area contributed by atoms with Crippen LogP contribution in [-0.4, -0.2) is 56.7 Å². The van der Waals surface area contributed by atoms with E-state index < -0.39 is 23.9 Å². The van der Waals surface area contributed by atoms with Gasteiger partial charge in [-0.15, -0.1) is 0 Å². The fourth-order valence-corrected chi connectivity index (χ4v) is 9.27. The maximum atomic E-state index is 12.4. The lowest BCUT2D eigenvalue weighted by Crippen LogP contribution is -2.56. The lowest BCUT2D eigenvalue weighted by atomic mass is 10.1. The SMILES string of the molecule is CC(C)=C1S(=O)(=O)c2ccccc2S1(=O)=O.CCCCN1C(=O)C(=C(C)C)C(=O)N(CCCC)C1=S. The van der Waals surface area contributed by atoms with Crippen LogP contribution in [0.15, 0.2) is 55.0 Å². The van der Waals surface area contributed by atoms with Gasteiger partial charge >= 0.3 is 0 Å². The minimum Gasteiger partial charge on any atom is -0.285 e. The molecule has 3 rings (SSSR count). The van der Waals surface area contributed by atoms with E-state index in [0.717, 1.165) is 31.3 Å². The van der Waals surface area contributed by atoms with Gasteiger partial charge in [0.05, 0.1) is 9.79 Å². The maximum absolute atomic E-state index is 12.4. The molecule has 0 N–H and O–H groups in total. The highest BCUT2D eigenvalue weighted by atomic mass is 32.3. The van der Waals surface area contributed by atoms with E-state index in [0.29, 0.717) is 18.2 Å². The molecule has 2 amide bonds. The molecular weight excluding hydrogens is 520 g/mol. The number of fused-ring (bicyclic) bond motifs is 1. The normalized spacial score (nSPS) is 18.1. The summed E-state index contributed by atoms with van der Waals surface area (Å²) < 4.78 is 47.5. The number of carbonyl (C=O) groups is 2. The zero-order chi connectivity index (χ0) is 27.4. The number of carbonyl (C=O) groups excluding carboxylic acids is 2. The lowest BCUT2D eigenvalue weighted by Gasteiger charge is -2.37. The number of rotatable bonds is 6. The van der Waals surface area contributed by atoms with Gasteiger partial charge in [0.1, 0.15) is 5.57 Å². The third-order valence-corrected chi connectivity index (χ3v) is 11.2.